The molecule has 1 N–H and O–H groups in total. The molecule has 0 aliphatic carbocycles. The summed E-state index contributed by atoms with van der Waals surface area (Å²) >= 11 is 6.79. The molecule has 0 aliphatic rings. The summed E-state index contributed by atoms with van der Waals surface area (Å²) in [6.07, 6.45) is -0.585. The average Bonchev–Trinajstić information content (AvgIpc) is 2.45. The fourth-order valence-corrected chi connectivity index (χ4v) is 2.41. The Balaban J connectivity index is 2.02. The average molecular weight is 413 g/mol. The summed E-state index contributed by atoms with van der Waals surface area (Å²) in [5.41, 5.74) is 1.85. The van der Waals surface area contributed by atoms with Gasteiger partial charge in [0.05, 0.1) is 5.69 Å². The van der Waals surface area contributed by atoms with Gasteiger partial charge in [0.1, 0.15) is 5.75 Å². The van der Waals surface area contributed by atoms with Gasteiger partial charge in [0.2, 0.25) is 0 Å². The number of hydrogen-bond acceptors (Lipinski definition) is 2. The molecule has 1 unspecified atom stereocenters. The molecule has 1 atom stereocenters. The Morgan fingerprint density at radius 1 is 1.14 bits per heavy atom. The Morgan fingerprint density at radius 2 is 1.81 bits per heavy atom. The summed E-state index contributed by atoms with van der Waals surface area (Å²) < 4.78 is 7.35. The standard InChI is InChI=1S/C16H15Br2NO2/c1-10-3-6-13(7-4-10)21-11(2)16(20)19-15-9-12(17)5-8-14(15)18/h3-9,11H,1-2H3,(H,19,20). The van der Waals surface area contributed by atoms with Gasteiger partial charge in [-0.15, -0.1) is 0 Å². The van der Waals surface area contributed by atoms with Gasteiger partial charge in [-0.3, -0.25) is 4.79 Å². The third kappa shape index (κ3) is 4.58. The van der Waals surface area contributed by atoms with Gasteiger partial charge in [0.25, 0.3) is 5.91 Å². The van der Waals surface area contributed by atoms with Crippen molar-refractivity contribution < 1.29 is 9.53 Å². The molecule has 0 heterocycles. The maximum atomic E-state index is 12.2. The summed E-state index contributed by atoms with van der Waals surface area (Å²) in [6, 6.07) is 13.2. The predicted molar refractivity (Wildman–Crippen MR) is 91.7 cm³/mol. The monoisotopic (exact) mass is 411 g/mol. The van der Waals surface area contributed by atoms with E-state index in [1.807, 2.05) is 49.4 Å². The number of benzene rings is 2. The summed E-state index contributed by atoms with van der Waals surface area (Å²) in [5.74, 6) is 0.478. The van der Waals surface area contributed by atoms with E-state index in [2.05, 4.69) is 37.2 Å². The van der Waals surface area contributed by atoms with Crippen molar-refractivity contribution >= 4 is 43.5 Å². The molecule has 0 aromatic heterocycles. The Morgan fingerprint density at radius 3 is 2.48 bits per heavy atom. The van der Waals surface area contributed by atoms with E-state index in [0.29, 0.717) is 11.4 Å². The van der Waals surface area contributed by atoms with Crippen LogP contribution in [0.4, 0.5) is 5.69 Å². The van der Waals surface area contributed by atoms with Crippen molar-refractivity contribution in [2.75, 3.05) is 5.32 Å². The van der Waals surface area contributed by atoms with Crippen molar-refractivity contribution in [3.05, 3.63) is 57.0 Å². The third-order valence-electron chi connectivity index (χ3n) is 2.89. The van der Waals surface area contributed by atoms with E-state index in [-0.39, 0.29) is 5.91 Å². The molecular weight excluding hydrogens is 398 g/mol. The van der Waals surface area contributed by atoms with Gasteiger partial charge >= 0.3 is 0 Å². The number of nitrogens with one attached hydrogen (secondary N) is 1. The lowest BCUT2D eigenvalue weighted by Crippen LogP contribution is -2.30. The largest absolute Gasteiger partial charge is 0.481 e. The summed E-state index contributed by atoms with van der Waals surface area (Å²) in [7, 11) is 0. The van der Waals surface area contributed by atoms with Crippen LogP contribution >= 0.6 is 31.9 Å². The van der Waals surface area contributed by atoms with Gasteiger partial charge in [-0.25, -0.2) is 0 Å². The molecule has 0 saturated heterocycles. The smallest absolute Gasteiger partial charge is 0.265 e. The number of rotatable bonds is 4. The summed E-state index contributed by atoms with van der Waals surface area (Å²) in [6.45, 7) is 3.73. The normalized spacial score (nSPS) is 11.8. The number of carbonyl (C=O) groups excluding carboxylic acids is 1. The molecule has 1 amide bonds. The lowest BCUT2D eigenvalue weighted by Gasteiger charge is -2.15. The Kier molecular flexibility index (Phi) is 5.42. The van der Waals surface area contributed by atoms with Crippen LogP contribution in [-0.2, 0) is 4.79 Å². The highest BCUT2D eigenvalue weighted by Gasteiger charge is 2.16. The quantitative estimate of drug-likeness (QED) is 0.773. The van der Waals surface area contributed by atoms with Crippen LogP contribution in [-0.4, -0.2) is 12.0 Å². The van der Waals surface area contributed by atoms with E-state index in [9.17, 15) is 4.79 Å². The summed E-state index contributed by atoms with van der Waals surface area (Å²) in [4.78, 5) is 12.2. The van der Waals surface area contributed by atoms with Crippen LogP contribution in [0.15, 0.2) is 51.4 Å². The fourth-order valence-electron chi connectivity index (χ4n) is 1.70. The molecule has 2 rings (SSSR count). The second kappa shape index (κ2) is 7.09. The number of amides is 1. The first-order valence-electron chi connectivity index (χ1n) is 6.45. The van der Waals surface area contributed by atoms with Crippen molar-refractivity contribution in [2.45, 2.75) is 20.0 Å². The molecule has 2 aromatic carbocycles. The number of anilines is 1. The van der Waals surface area contributed by atoms with E-state index in [1.54, 1.807) is 6.92 Å². The third-order valence-corrected chi connectivity index (χ3v) is 4.07. The highest BCUT2D eigenvalue weighted by Crippen LogP contribution is 2.26. The molecular formula is C16H15Br2NO2. The van der Waals surface area contributed by atoms with Gasteiger partial charge in [0, 0.05) is 8.95 Å². The first kappa shape index (κ1) is 16.0. The Labute approximate surface area is 141 Å². The van der Waals surface area contributed by atoms with E-state index in [0.717, 1.165) is 14.5 Å². The number of hydrogen-bond donors (Lipinski definition) is 1. The molecule has 3 nitrogen and oxygen atoms in total. The molecule has 2 aromatic rings. The zero-order chi connectivity index (χ0) is 15.4. The Hall–Kier alpha value is -1.33. The minimum absolute atomic E-state index is 0.200. The van der Waals surface area contributed by atoms with Crippen molar-refractivity contribution in [2.24, 2.45) is 0 Å². The van der Waals surface area contributed by atoms with Gasteiger partial charge in [-0.1, -0.05) is 33.6 Å². The molecule has 0 radical (unpaired) electrons. The van der Waals surface area contributed by atoms with Gasteiger partial charge < -0.3 is 10.1 Å². The number of carbonyl (C=O) groups is 1. The molecule has 5 heteroatoms. The summed E-state index contributed by atoms with van der Waals surface area (Å²) in [5, 5.41) is 2.84. The van der Waals surface area contributed by atoms with Crippen molar-refractivity contribution in [3.8, 4) is 5.75 Å². The minimum Gasteiger partial charge on any atom is -0.481 e. The zero-order valence-electron chi connectivity index (χ0n) is 11.7. The van der Waals surface area contributed by atoms with Crippen molar-refractivity contribution in [3.63, 3.8) is 0 Å². The van der Waals surface area contributed by atoms with Crippen LogP contribution < -0.4 is 10.1 Å². The SMILES string of the molecule is Cc1ccc(OC(C)C(=O)Nc2cc(Br)ccc2Br)cc1. The van der Waals surface area contributed by atoms with Crippen LogP contribution in [0, 0.1) is 6.92 Å². The lowest BCUT2D eigenvalue weighted by molar-refractivity contribution is -0.122. The van der Waals surface area contributed by atoms with Gasteiger partial charge in [-0.2, -0.15) is 0 Å². The Bertz CT molecular complexity index is 641. The van der Waals surface area contributed by atoms with E-state index in [4.69, 9.17) is 4.74 Å². The van der Waals surface area contributed by atoms with Gasteiger partial charge in [0.15, 0.2) is 6.10 Å². The number of halogens is 2. The molecule has 0 fully saturated rings. The van der Waals surface area contributed by atoms with Gasteiger partial charge in [-0.05, 0) is 60.1 Å². The van der Waals surface area contributed by atoms with Crippen LogP contribution in [0.2, 0.25) is 0 Å². The highest BCUT2D eigenvalue weighted by atomic mass is 79.9. The minimum atomic E-state index is -0.585. The fraction of sp³-hybridized carbons (Fsp3) is 0.188. The maximum Gasteiger partial charge on any atom is 0.265 e. The van der Waals surface area contributed by atoms with E-state index in [1.165, 1.54) is 0 Å². The topological polar surface area (TPSA) is 38.3 Å². The van der Waals surface area contributed by atoms with Crippen LogP contribution in [0.5, 0.6) is 5.75 Å². The predicted octanol–water partition coefficient (Wildman–Crippen LogP) is 4.93. The van der Waals surface area contributed by atoms with Crippen LogP contribution in [0.1, 0.15) is 12.5 Å². The molecule has 0 spiro atoms. The van der Waals surface area contributed by atoms with Crippen LogP contribution in [0.3, 0.4) is 0 Å². The number of aryl methyl sites for hydroxylation is 1. The molecule has 0 aliphatic heterocycles. The molecule has 110 valence electrons. The molecule has 0 saturated carbocycles. The second-order valence-electron chi connectivity index (χ2n) is 4.69. The first-order valence-corrected chi connectivity index (χ1v) is 8.03. The van der Waals surface area contributed by atoms with Crippen LogP contribution in [0.25, 0.3) is 0 Å². The lowest BCUT2D eigenvalue weighted by atomic mass is 10.2. The van der Waals surface area contributed by atoms with Crippen molar-refractivity contribution in [1.29, 1.82) is 0 Å². The molecule has 0 bridgehead atoms. The second-order valence-corrected chi connectivity index (χ2v) is 6.46. The maximum absolute atomic E-state index is 12.2. The number of ether oxygens (including phenoxy) is 1. The molecule has 21 heavy (non-hydrogen) atoms. The van der Waals surface area contributed by atoms with Crippen molar-refractivity contribution in [1.82, 2.24) is 0 Å². The first-order chi connectivity index (χ1) is 9.95. The van der Waals surface area contributed by atoms with E-state index < -0.39 is 6.10 Å². The van der Waals surface area contributed by atoms with E-state index >= 15 is 0 Å². The zero-order valence-corrected chi connectivity index (χ0v) is 14.9. The highest BCUT2D eigenvalue weighted by molar-refractivity contribution is 9.11.